The van der Waals surface area contributed by atoms with Gasteiger partial charge in [0, 0.05) is 20.1 Å². The van der Waals surface area contributed by atoms with Crippen LogP contribution in [0.3, 0.4) is 0 Å². The van der Waals surface area contributed by atoms with Crippen molar-refractivity contribution in [3.63, 3.8) is 0 Å². The van der Waals surface area contributed by atoms with E-state index >= 15 is 0 Å². The van der Waals surface area contributed by atoms with E-state index in [9.17, 15) is 0 Å². The normalized spacial score (nSPS) is 29.1. The van der Waals surface area contributed by atoms with Gasteiger partial charge in [-0.1, -0.05) is 19.9 Å². The lowest BCUT2D eigenvalue weighted by molar-refractivity contribution is -0.122. The summed E-state index contributed by atoms with van der Waals surface area (Å²) in [4.78, 5) is 0. The minimum Gasteiger partial charge on any atom is -0.356 e. The highest BCUT2D eigenvalue weighted by molar-refractivity contribution is 9.28. The van der Waals surface area contributed by atoms with Gasteiger partial charge in [0.1, 0.15) is 0 Å². The number of methoxy groups -OCH3 is 2. The Hall–Kier alpha value is 0.620. The highest BCUT2D eigenvalue weighted by atomic mass is 79.9. The van der Waals surface area contributed by atoms with Gasteiger partial charge in [-0.15, -0.1) is 0 Å². The van der Waals surface area contributed by atoms with Gasteiger partial charge in [0.15, 0.2) is 6.29 Å². The standard InChI is InChI=1S/C10H16Br2O2/c1-10(2)6(5-7(11)12)8(10)9(13-3)14-4/h5-6,8-9H,1-4H3. The predicted octanol–water partition coefficient (Wildman–Crippen LogP) is 3.51. The SMILES string of the molecule is COC(OC)C1C(C=C(Br)Br)C1(C)C. The molecule has 0 amide bonds. The first-order valence-corrected chi connectivity index (χ1v) is 6.12. The molecule has 1 rings (SSSR count). The van der Waals surface area contributed by atoms with E-state index in [1.54, 1.807) is 14.2 Å². The fourth-order valence-electron chi connectivity index (χ4n) is 2.08. The summed E-state index contributed by atoms with van der Waals surface area (Å²) in [5.74, 6) is 0.934. The van der Waals surface area contributed by atoms with Crippen LogP contribution in [0.1, 0.15) is 13.8 Å². The van der Waals surface area contributed by atoms with E-state index in [1.807, 2.05) is 0 Å². The van der Waals surface area contributed by atoms with Crippen LogP contribution in [0, 0.1) is 17.3 Å². The van der Waals surface area contributed by atoms with E-state index in [-0.39, 0.29) is 11.7 Å². The zero-order valence-electron chi connectivity index (χ0n) is 8.88. The Morgan fingerprint density at radius 1 is 1.29 bits per heavy atom. The number of allylic oxidation sites excluding steroid dienone is 1. The molecule has 0 aliphatic heterocycles. The van der Waals surface area contributed by atoms with Crippen molar-refractivity contribution in [3.05, 3.63) is 9.47 Å². The average molecular weight is 328 g/mol. The summed E-state index contributed by atoms with van der Waals surface area (Å²) in [6, 6.07) is 0. The van der Waals surface area contributed by atoms with Gasteiger partial charge in [0.2, 0.25) is 0 Å². The van der Waals surface area contributed by atoms with Gasteiger partial charge < -0.3 is 9.47 Å². The second kappa shape index (κ2) is 4.64. The van der Waals surface area contributed by atoms with E-state index in [2.05, 4.69) is 51.8 Å². The molecular weight excluding hydrogens is 312 g/mol. The van der Waals surface area contributed by atoms with Crippen LogP contribution < -0.4 is 0 Å². The molecular formula is C10H16Br2O2. The predicted molar refractivity (Wildman–Crippen MR) is 64.5 cm³/mol. The molecule has 4 heteroatoms. The summed E-state index contributed by atoms with van der Waals surface area (Å²) < 4.78 is 11.6. The van der Waals surface area contributed by atoms with Crippen LogP contribution in [0.5, 0.6) is 0 Å². The van der Waals surface area contributed by atoms with Crippen molar-refractivity contribution in [1.29, 1.82) is 0 Å². The van der Waals surface area contributed by atoms with Crippen LogP contribution in [0.4, 0.5) is 0 Å². The molecule has 0 aromatic heterocycles. The highest BCUT2D eigenvalue weighted by Gasteiger charge is 2.60. The lowest BCUT2D eigenvalue weighted by Crippen LogP contribution is -2.18. The topological polar surface area (TPSA) is 18.5 Å². The molecule has 0 heterocycles. The summed E-state index contributed by atoms with van der Waals surface area (Å²) in [6.45, 7) is 4.46. The Morgan fingerprint density at radius 2 is 1.79 bits per heavy atom. The first kappa shape index (κ1) is 12.7. The summed E-state index contributed by atoms with van der Waals surface area (Å²) in [5.41, 5.74) is 0.253. The lowest BCUT2D eigenvalue weighted by atomic mass is 10.1. The van der Waals surface area contributed by atoms with Gasteiger partial charge in [-0.05, 0) is 43.2 Å². The van der Waals surface area contributed by atoms with Crippen LogP contribution in [0.15, 0.2) is 9.47 Å². The maximum atomic E-state index is 5.29. The van der Waals surface area contributed by atoms with Crippen molar-refractivity contribution >= 4 is 31.9 Å². The number of rotatable bonds is 4. The van der Waals surface area contributed by atoms with Crippen molar-refractivity contribution in [3.8, 4) is 0 Å². The van der Waals surface area contributed by atoms with Crippen LogP contribution in [0.25, 0.3) is 0 Å². The molecule has 1 fully saturated rings. The molecule has 2 unspecified atom stereocenters. The van der Waals surface area contributed by atoms with Gasteiger partial charge >= 0.3 is 0 Å². The third-order valence-electron chi connectivity index (χ3n) is 3.06. The molecule has 0 spiro atoms. The summed E-state index contributed by atoms with van der Waals surface area (Å²) >= 11 is 6.77. The van der Waals surface area contributed by atoms with Crippen molar-refractivity contribution in [2.45, 2.75) is 20.1 Å². The summed E-state index contributed by atoms with van der Waals surface area (Å²) in [7, 11) is 3.37. The quantitative estimate of drug-likeness (QED) is 0.736. The lowest BCUT2D eigenvalue weighted by Gasteiger charge is -2.14. The number of halogens is 2. The summed E-state index contributed by atoms with van der Waals surface area (Å²) in [5, 5.41) is 0. The third-order valence-corrected chi connectivity index (χ3v) is 3.59. The minimum atomic E-state index is -0.106. The van der Waals surface area contributed by atoms with Gasteiger partial charge in [0.25, 0.3) is 0 Å². The Bertz CT molecular complexity index is 230. The van der Waals surface area contributed by atoms with Gasteiger partial charge in [-0.3, -0.25) is 0 Å². The Balaban J connectivity index is 2.69. The van der Waals surface area contributed by atoms with Crippen LogP contribution in [-0.4, -0.2) is 20.5 Å². The van der Waals surface area contributed by atoms with Crippen LogP contribution >= 0.6 is 31.9 Å². The molecule has 82 valence electrons. The maximum Gasteiger partial charge on any atom is 0.160 e. The molecule has 1 aliphatic carbocycles. The van der Waals surface area contributed by atoms with Crippen molar-refractivity contribution in [2.24, 2.45) is 17.3 Å². The second-order valence-electron chi connectivity index (χ2n) is 4.17. The fourth-order valence-corrected chi connectivity index (χ4v) is 2.65. The van der Waals surface area contributed by atoms with Crippen LogP contribution in [0.2, 0.25) is 0 Å². The Kier molecular flexibility index (Phi) is 4.21. The molecule has 0 aromatic carbocycles. The number of ether oxygens (including phenoxy) is 2. The molecule has 14 heavy (non-hydrogen) atoms. The monoisotopic (exact) mass is 326 g/mol. The fraction of sp³-hybridized carbons (Fsp3) is 0.800. The molecule has 0 N–H and O–H groups in total. The smallest absolute Gasteiger partial charge is 0.160 e. The van der Waals surface area contributed by atoms with E-state index in [0.29, 0.717) is 11.8 Å². The van der Waals surface area contributed by atoms with E-state index in [4.69, 9.17) is 9.47 Å². The van der Waals surface area contributed by atoms with Gasteiger partial charge in [-0.2, -0.15) is 0 Å². The second-order valence-corrected chi connectivity index (χ2v) is 6.94. The third kappa shape index (κ3) is 2.40. The average Bonchev–Trinajstić information content (AvgIpc) is 2.57. The molecule has 0 saturated heterocycles. The molecule has 2 nitrogen and oxygen atoms in total. The molecule has 1 saturated carbocycles. The van der Waals surface area contributed by atoms with E-state index < -0.39 is 0 Å². The Labute approximate surface area is 102 Å². The maximum absolute atomic E-state index is 5.29. The highest BCUT2D eigenvalue weighted by Crippen LogP contribution is 2.61. The minimum absolute atomic E-state index is 0.106. The van der Waals surface area contributed by atoms with Crippen molar-refractivity contribution in [1.82, 2.24) is 0 Å². The number of hydrogen-bond acceptors (Lipinski definition) is 2. The van der Waals surface area contributed by atoms with Crippen molar-refractivity contribution in [2.75, 3.05) is 14.2 Å². The molecule has 0 bridgehead atoms. The molecule has 0 aromatic rings. The molecule has 2 atom stereocenters. The first-order chi connectivity index (χ1) is 6.45. The van der Waals surface area contributed by atoms with E-state index in [0.717, 1.165) is 3.39 Å². The zero-order chi connectivity index (χ0) is 10.9. The number of hydrogen-bond donors (Lipinski definition) is 0. The van der Waals surface area contributed by atoms with Crippen LogP contribution in [-0.2, 0) is 9.47 Å². The van der Waals surface area contributed by atoms with Crippen molar-refractivity contribution < 1.29 is 9.47 Å². The zero-order valence-corrected chi connectivity index (χ0v) is 12.1. The van der Waals surface area contributed by atoms with Gasteiger partial charge in [0.05, 0.1) is 3.39 Å². The van der Waals surface area contributed by atoms with E-state index in [1.165, 1.54) is 0 Å². The Morgan fingerprint density at radius 3 is 2.14 bits per heavy atom. The molecule has 1 aliphatic rings. The first-order valence-electron chi connectivity index (χ1n) is 4.53. The summed E-state index contributed by atoms with van der Waals surface area (Å²) in [6.07, 6.45) is 2.06. The largest absolute Gasteiger partial charge is 0.356 e. The molecule has 0 radical (unpaired) electrons. The van der Waals surface area contributed by atoms with Gasteiger partial charge in [-0.25, -0.2) is 0 Å².